The number of rotatable bonds is 2. The predicted molar refractivity (Wildman–Crippen MR) is 128 cm³/mol. The third-order valence-electron chi connectivity index (χ3n) is 7.62. The highest BCUT2D eigenvalue weighted by atomic mass is 16.5. The lowest BCUT2D eigenvalue weighted by Crippen LogP contribution is -2.44. The Labute approximate surface area is 189 Å². The molecule has 2 aliphatic rings. The van der Waals surface area contributed by atoms with Gasteiger partial charge in [0.05, 0.1) is 7.11 Å². The van der Waals surface area contributed by atoms with Crippen LogP contribution in [0, 0.1) is 11.3 Å². The lowest BCUT2D eigenvalue weighted by molar-refractivity contribution is -0.0184. The van der Waals surface area contributed by atoms with Gasteiger partial charge in [-0.1, -0.05) is 32.9 Å². The van der Waals surface area contributed by atoms with Crippen LogP contribution >= 0.6 is 0 Å². The fourth-order valence-corrected chi connectivity index (χ4v) is 5.54. The van der Waals surface area contributed by atoms with E-state index >= 15 is 0 Å². The highest BCUT2D eigenvalue weighted by Crippen LogP contribution is 2.48. The largest absolute Gasteiger partial charge is 0.497 e. The third kappa shape index (κ3) is 3.80. The summed E-state index contributed by atoms with van der Waals surface area (Å²) in [6.07, 6.45) is 6.67. The summed E-state index contributed by atoms with van der Waals surface area (Å²) in [5, 5.41) is 0.949. The molecule has 0 unspecified atom stereocenters. The van der Waals surface area contributed by atoms with Gasteiger partial charge in [-0.2, -0.15) is 0 Å². The normalized spacial score (nSPS) is 23.1. The quantitative estimate of drug-likeness (QED) is 0.419. The Morgan fingerprint density at radius 2 is 1.72 bits per heavy atom. The van der Waals surface area contributed by atoms with E-state index in [0.29, 0.717) is 11.0 Å². The van der Waals surface area contributed by atoms with Gasteiger partial charge in [0, 0.05) is 17.5 Å². The minimum atomic E-state index is -0.348. The monoisotopic (exact) mass is 432 g/mol. The van der Waals surface area contributed by atoms with E-state index < -0.39 is 0 Å². The van der Waals surface area contributed by atoms with Crippen LogP contribution in [0.1, 0.15) is 58.4 Å². The number of ether oxygens (including phenoxy) is 2. The fraction of sp³-hybridized carbons (Fsp3) is 0.464. The zero-order valence-corrected chi connectivity index (χ0v) is 19.5. The van der Waals surface area contributed by atoms with Gasteiger partial charge in [0.25, 0.3) is 0 Å². The maximum absolute atomic E-state index is 12.4. The average molecular weight is 433 g/mol. The summed E-state index contributed by atoms with van der Waals surface area (Å²) in [5.41, 5.74) is 3.57. The summed E-state index contributed by atoms with van der Waals surface area (Å²) in [5.74, 6) is 2.42. The van der Waals surface area contributed by atoms with Gasteiger partial charge in [0.15, 0.2) is 0 Å². The van der Waals surface area contributed by atoms with Crippen LogP contribution in [0.25, 0.3) is 22.1 Å². The van der Waals surface area contributed by atoms with Crippen molar-refractivity contribution in [1.29, 1.82) is 0 Å². The Kier molecular flexibility index (Phi) is 5.07. The fourth-order valence-electron chi connectivity index (χ4n) is 5.54. The van der Waals surface area contributed by atoms with E-state index in [2.05, 4.69) is 26.8 Å². The first-order valence-corrected chi connectivity index (χ1v) is 11.7. The summed E-state index contributed by atoms with van der Waals surface area (Å²) in [7, 11) is 1.65. The second-order valence-electron chi connectivity index (χ2n) is 10.6. The van der Waals surface area contributed by atoms with E-state index in [0.717, 1.165) is 59.6 Å². The van der Waals surface area contributed by atoms with Crippen molar-refractivity contribution in [3.05, 3.63) is 58.4 Å². The molecule has 0 atom stereocenters. The van der Waals surface area contributed by atoms with Gasteiger partial charge in [-0.25, -0.2) is 4.79 Å². The van der Waals surface area contributed by atoms with Crippen LogP contribution in [0.2, 0.25) is 0 Å². The number of hydrogen-bond acceptors (Lipinski definition) is 4. The van der Waals surface area contributed by atoms with Gasteiger partial charge in [-0.05, 0) is 84.7 Å². The molecule has 32 heavy (non-hydrogen) atoms. The standard InChI is InChI=1S/C28H32O4/c1-27(2,3)20-10-13-28(14-11-20)12-9-19-15-23-22(18-5-7-21(30-4)8-6-18)16-26(29)31-25(23)17-24(19)32-28/h5-8,15-17,20H,9-14H2,1-4H3. The third-order valence-corrected chi connectivity index (χ3v) is 7.62. The lowest BCUT2D eigenvalue weighted by atomic mass is 9.67. The first-order valence-electron chi connectivity index (χ1n) is 11.7. The molecule has 4 heteroatoms. The second-order valence-corrected chi connectivity index (χ2v) is 10.6. The van der Waals surface area contributed by atoms with Gasteiger partial charge >= 0.3 is 5.63 Å². The van der Waals surface area contributed by atoms with Crippen molar-refractivity contribution in [3.63, 3.8) is 0 Å². The molecule has 3 aromatic rings. The molecule has 2 aromatic carbocycles. The number of aryl methyl sites for hydroxylation is 1. The maximum atomic E-state index is 12.4. The van der Waals surface area contributed by atoms with E-state index in [-0.39, 0.29) is 11.2 Å². The molecular weight excluding hydrogens is 400 g/mol. The number of benzene rings is 2. The van der Waals surface area contributed by atoms with Crippen molar-refractivity contribution in [2.75, 3.05) is 7.11 Å². The summed E-state index contributed by atoms with van der Waals surface area (Å²) in [6.45, 7) is 7.05. The zero-order chi connectivity index (χ0) is 22.5. The Balaban J connectivity index is 1.49. The Morgan fingerprint density at radius 1 is 1.00 bits per heavy atom. The first-order chi connectivity index (χ1) is 15.3. The first kappa shape index (κ1) is 21.1. The molecule has 0 amide bonds. The molecule has 0 saturated heterocycles. The SMILES string of the molecule is COc1ccc(-c2cc(=O)oc3cc4c(cc23)CCC2(CCC(C(C)(C)C)CC2)O4)cc1. The highest BCUT2D eigenvalue weighted by Gasteiger charge is 2.42. The smallest absolute Gasteiger partial charge is 0.336 e. The van der Waals surface area contributed by atoms with E-state index in [1.807, 2.05) is 30.3 Å². The van der Waals surface area contributed by atoms with Crippen molar-refractivity contribution in [3.8, 4) is 22.6 Å². The molecule has 1 aliphatic carbocycles. The number of fused-ring (bicyclic) bond motifs is 2. The molecule has 0 radical (unpaired) electrons. The van der Waals surface area contributed by atoms with Crippen molar-refractivity contribution < 1.29 is 13.9 Å². The van der Waals surface area contributed by atoms with Crippen LogP contribution in [0.5, 0.6) is 11.5 Å². The molecule has 1 fully saturated rings. The molecule has 1 aliphatic heterocycles. The molecule has 0 N–H and O–H groups in total. The summed E-state index contributed by atoms with van der Waals surface area (Å²) >= 11 is 0. The van der Waals surface area contributed by atoms with Crippen molar-refractivity contribution in [2.24, 2.45) is 11.3 Å². The Bertz CT molecular complexity index is 1190. The Morgan fingerprint density at radius 3 is 2.38 bits per heavy atom. The zero-order valence-electron chi connectivity index (χ0n) is 19.5. The summed E-state index contributed by atoms with van der Waals surface area (Å²) in [6, 6.07) is 13.5. The highest BCUT2D eigenvalue weighted by molar-refractivity contribution is 5.94. The van der Waals surface area contributed by atoms with E-state index in [9.17, 15) is 4.79 Å². The lowest BCUT2D eigenvalue weighted by Gasteiger charge is -2.46. The van der Waals surface area contributed by atoms with Crippen LogP contribution < -0.4 is 15.1 Å². The minimum Gasteiger partial charge on any atom is -0.497 e. The van der Waals surface area contributed by atoms with Crippen molar-refractivity contribution in [2.45, 2.75) is 64.9 Å². The Hall–Kier alpha value is -2.75. The van der Waals surface area contributed by atoms with Gasteiger partial charge in [0.2, 0.25) is 0 Å². The van der Waals surface area contributed by atoms with Crippen LogP contribution in [0.3, 0.4) is 0 Å². The molecule has 1 spiro atoms. The summed E-state index contributed by atoms with van der Waals surface area (Å²) in [4.78, 5) is 12.4. The average Bonchev–Trinajstić information content (AvgIpc) is 2.77. The van der Waals surface area contributed by atoms with Gasteiger partial charge in [0.1, 0.15) is 22.7 Å². The molecule has 5 rings (SSSR count). The molecule has 1 aromatic heterocycles. The van der Waals surface area contributed by atoms with Crippen molar-refractivity contribution in [1.82, 2.24) is 0 Å². The van der Waals surface area contributed by atoms with Gasteiger partial charge < -0.3 is 13.9 Å². The predicted octanol–water partition coefficient (Wildman–Crippen LogP) is 6.77. The number of hydrogen-bond donors (Lipinski definition) is 0. The van der Waals surface area contributed by atoms with Gasteiger partial charge in [-0.3, -0.25) is 0 Å². The molecule has 1 saturated carbocycles. The molecule has 168 valence electrons. The van der Waals surface area contributed by atoms with Crippen molar-refractivity contribution >= 4 is 11.0 Å². The molecule has 0 bridgehead atoms. The van der Waals surface area contributed by atoms with E-state index in [1.54, 1.807) is 13.2 Å². The number of methoxy groups -OCH3 is 1. The van der Waals surface area contributed by atoms with Crippen LogP contribution in [-0.4, -0.2) is 12.7 Å². The maximum Gasteiger partial charge on any atom is 0.336 e. The summed E-state index contributed by atoms with van der Waals surface area (Å²) < 4.78 is 17.6. The van der Waals surface area contributed by atoms with Crippen LogP contribution in [-0.2, 0) is 6.42 Å². The van der Waals surface area contributed by atoms with E-state index in [1.165, 1.54) is 18.4 Å². The van der Waals surface area contributed by atoms with Gasteiger partial charge in [-0.15, -0.1) is 0 Å². The van der Waals surface area contributed by atoms with Crippen LogP contribution in [0.15, 0.2) is 51.7 Å². The molecule has 2 heterocycles. The second kappa shape index (κ2) is 7.68. The van der Waals surface area contributed by atoms with Crippen LogP contribution in [0.4, 0.5) is 0 Å². The van der Waals surface area contributed by atoms with E-state index in [4.69, 9.17) is 13.9 Å². The minimum absolute atomic E-state index is 0.0731. The molecule has 4 nitrogen and oxygen atoms in total. The topological polar surface area (TPSA) is 48.7 Å². The molecular formula is C28H32O4.